The molecule has 6 atom stereocenters. The summed E-state index contributed by atoms with van der Waals surface area (Å²) in [5.74, 6) is -9.04. The highest BCUT2D eigenvalue weighted by Gasteiger charge is 2.74. The Kier molecular flexibility index (Phi) is 8.20. The van der Waals surface area contributed by atoms with Gasteiger partial charge in [0.25, 0.3) is 5.79 Å². The summed E-state index contributed by atoms with van der Waals surface area (Å²) in [4.78, 5) is 0. The third-order valence-electron chi connectivity index (χ3n) is 8.60. The van der Waals surface area contributed by atoms with E-state index in [1.54, 1.807) is 36.4 Å². The van der Waals surface area contributed by atoms with Crippen LogP contribution in [0, 0.1) is 5.92 Å². The summed E-state index contributed by atoms with van der Waals surface area (Å²) in [6.07, 6.45) is -2.54. The summed E-state index contributed by atoms with van der Waals surface area (Å²) in [5, 5.41) is 12.3. The lowest BCUT2D eigenvalue weighted by atomic mass is 9.76. The first-order valence-corrected chi connectivity index (χ1v) is 14.7. The topological polar surface area (TPSA) is 57.2 Å². The fourth-order valence-electron chi connectivity index (χ4n) is 6.32. The van der Waals surface area contributed by atoms with Gasteiger partial charge < -0.3 is 24.1 Å². The minimum Gasteiger partial charge on any atom is -0.370 e. The van der Waals surface area contributed by atoms with Crippen LogP contribution < -0.4 is 0 Å². The normalized spacial score (nSPS) is 29.7. The van der Waals surface area contributed by atoms with E-state index in [0.717, 1.165) is 11.1 Å². The maximum atomic E-state index is 17.2. The van der Waals surface area contributed by atoms with Crippen molar-refractivity contribution in [3.63, 3.8) is 0 Å². The van der Waals surface area contributed by atoms with Crippen LogP contribution in [0.25, 0.3) is 0 Å². The second-order valence-corrected chi connectivity index (χ2v) is 11.3. The lowest BCUT2D eigenvalue weighted by Gasteiger charge is -2.58. The lowest BCUT2D eigenvalue weighted by molar-refractivity contribution is -0.479. The molecular formula is C36H36F2O5. The Labute approximate surface area is 251 Å². The number of hydrogen-bond acceptors (Lipinski definition) is 5. The largest absolute Gasteiger partial charge is 0.370 e. The molecule has 0 bridgehead atoms. The van der Waals surface area contributed by atoms with E-state index in [9.17, 15) is 5.11 Å². The predicted octanol–water partition coefficient (Wildman–Crippen LogP) is 7.31. The quantitative estimate of drug-likeness (QED) is 0.235. The van der Waals surface area contributed by atoms with Gasteiger partial charge in [0.2, 0.25) is 5.79 Å². The van der Waals surface area contributed by atoms with E-state index in [1.165, 1.54) is 18.2 Å². The van der Waals surface area contributed by atoms with Crippen LogP contribution in [0.5, 0.6) is 0 Å². The Morgan fingerprint density at radius 1 is 0.721 bits per heavy atom. The maximum absolute atomic E-state index is 17.2. The molecule has 1 saturated heterocycles. The number of aliphatic hydroxyl groups is 1. The molecule has 6 rings (SSSR count). The van der Waals surface area contributed by atoms with E-state index in [2.05, 4.69) is 0 Å². The van der Waals surface area contributed by atoms with E-state index < -0.39 is 35.8 Å². The number of ether oxygens (including phenoxy) is 4. The summed E-state index contributed by atoms with van der Waals surface area (Å²) in [7, 11) is 0. The van der Waals surface area contributed by atoms with Gasteiger partial charge in [-0.15, -0.1) is 0 Å². The second kappa shape index (κ2) is 11.9. The van der Waals surface area contributed by atoms with Crippen LogP contribution in [0.2, 0.25) is 0 Å². The van der Waals surface area contributed by atoms with Gasteiger partial charge in [0, 0.05) is 22.6 Å². The zero-order valence-electron chi connectivity index (χ0n) is 24.2. The van der Waals surface area contributed by atoms with Crippen molar-refractivity contribution in [3.05, 3.63) is 143 Å². The number of rotatable bonds is 8. The summed E-state index contributed by atoms with van der Waals surface area (Å²) < 4.78 is 60.2. The number of benzene rings is 4. The highest BCUT2D eigenvalue weighted by molar-refractivity contribution is 5.45. The third-order valence-corrected chi connectivity index (χ3v) is 8.60. The molecule has 0 aromatic heterocycles. The van der Waals surface area contributed by atoms with Crippen LogP contribution in [0.15, 0.2) is 115 Å². The zero-order chi connectivity index (χ0) is 30.1. The van der Waals surface area contributed by atoms with Crippen molar-refractivity contribution in [1.82, 2.24) is 0 Å². The summed E-state index contributed by atoms with van der Waals surface area (Å²) >= 11 is 0. The van der Waals surface area contributed by atoms with E-state index in [1.807, 2.05) is 74.5 Å². The van der Waals surface area contributed by atoms with E-state index in [0.29, 0.717) is 12.0 Å². The van der Waals surface area contributed by atoms with Crippen molar-refractivity contribution < 1.29 is 32.8 Å². The van der Waals surface area contributed by atoms with Gasteiger partial charge in [0.05, 0.1) is 25.4 Å². The van der Waals surface area contributed by atoms with Gasteiger partial charge in [-0.05, 0) is 17.5 Å². The van der Waals surface area contributed by atoms with Crippen molar-refractivity contribution >= 4 is 0 Å². The fraction of sp³-hybridized carbons (Fsp3) is 0.333. The molecule has 4 aromatic carbocycles. The SMILES string of the molecule is CC[C@H]1O[C@]2(O[C@@](O)(c3ccccc3)c3ccccc3C2(F)F)[C@H](OCc2ccccc2)[C@@H](OCc2ccccc2)[C@@H]1C. The lowest BCUT2D eigenvalue weighted by Crippen LogP contribution is -2.73. The number of fused-ring (bicyclic) bond motifs is 1. The van der Waals surface area contributed by atoms with Crippen LogP contribution in [-0.4, -0.2) is 29.2 Å². The minimum absolute atomic E-state index is 0.0101. The van der Waals surface area contributed by atoms with E-state index in [-0.39, 0.29) is 30.3 Å². The summed E-state index contributed by atoms with van der Waals surface area (Å²) in [6, 6.07) is 33.4. The highest BCUT2D eigenvalue weighted by atomic mass is 19.3. The van der Waals surface area contributed by atoms with Crippen LogP contribution in [-0.2, 0) is 43.9 Å². The summed E-state index contributed by atoms with van der Waals surface area (Å²) in [5.41, 5.74) is 1.56. The van der Waals surface area contributed by atoms with Gasteiger partial charge in [-0.3, -0.25) is 0 Å². The van der Waals surface area contributed by atoms with Gasteiger partial charge in [-0.1, -0.05) is 129 Å². The molecule has 0 radical (unpaired) electrons. The molecular weight excluding hydrogens is 550 g/mol. The Bertz CT molecular complexity index is 1500. The first-order valence-electron chi connectivity index (χ1n) is 14.7. The van der Waals surface area contributed by atoms with Crippen LogP contribution in [0.4, 0.5) is 8.78 Å². The first kappa shape index (κ1) is 29.6. The molecule has 0 aliphatic carbocycles. The standard InChI is InChI=1S/C36H36F2O5/c1-3-31-25(2)32(40-23-26-15-7-4-8-16-26)33(41-24-27-17-9-5-10-18-27)36(42-31)35(37,38)30-22-14-13-21-29(30)34(39,43-36)28-19-11-6-12-20-28/h4-22,25,31-33,39H,3,23-24H2,1-2H3/t25-,31-,32+,33-,34+,36+/m1/s1. The van der Waals surface area contributed by atoms with Crippen molar-refractivity contribution in [3.8, 4) is 0 Å². The Morgan fingerprint density at radius 3 is 1.81 bits per heavy atom. The molecule has 43 heavy (non-hydrogen) atoms. The average Bonchev–Trinajstić information content (AvgIpc) is 3.05. The highest BCUT2D eigenvalue weighted by Crippen LogP contribution is 2.59. The molecule has 1 fully saturated rings. The molecule has 0 unspecified atom stereocenters. The Hall–Kier alpha value is -3.46. The molecule has 1 N–H and O–H groups in total. The average molecular weight is 587 g/mol. The van der Waals surface area contributed by atoms with Gasteiger partial charge in [0.1, 0.15) is 6.10 Å². The van der Waals surface area contributed by atoms with E-state index >= 15 is 8.78 Å². The minimum atomic E-state index is -3.73. The first-order chi connectivity index (χ1) is 20.8. The molecule has 2 aliphatic rings. The fourth-order valence-corrected chi connectivity index (χ4v) is 6.32. The smallest absolute Gasteiger partial charge is 0.329 e. The molecule has 7 heteroatoms. The van der Waals surface area contributed by atoms with Crippen molar-refractivity contribution in [1.29, 1.82) is 0 Å². The van der Waals surface area contributed by atoms with Crippen molar-refractivity contribution in [2.45, 2.75) is 69.3 Å². The Balaban J connectivity index is 1.51. The van der Waals surface area contributed by atoms with Crippen LogP contribution in [0.3, 0.4) is 0 Å². The number of hydrogen-bond donors (Lipinski definition) is 1. The molecule has 1 spiro atoms. The molecule has 2 aliphatic heterocycles. The molecule has 224 valence electrons. The second-order valence-electron chi connectivity index (χ2n) is 11.3. The maximum Gasteiger partial charge on any atom is 0.329 e. The third kappa shape index (κ3) is 5.19. The van der Waals surface area contributed by atoms with Gasteiger partial charge in [-0.25, -0.2) is 0 Å². The van der Waals surface area contributed by atoms with Gasteiger partial charge >= 0.3 is 5.92 Å². The Morgan fingerprint density at radius 2 is 1.23 bits per heavy atom. The number of alkyl halides is 2. The van der Waals surface area contributed by atoms with Gasteiger partial charge in [-0.2, -0.15) is 8.78 Å². The summed E-state index contributed by atoms with van der Waals surface area (Å²) in [6.45, 7) is 4.00. The molecule has 2 heterocycles. The monoisotopic (exact) mass is 586 g/mol. The predicted molar refractivity (Wildman–Crippen MR) is 158 cm³/mol. The molecule has 0 amide bonds. The zero-order valence-corrected chi connectivity index (χ0v) is 24.2. The van der Waals surface area contributed by atoms with Gasteiger partial charge in [0.15, 0.2) is 0 Å². The molecule has 0 saturated carbocycles. The molecule has 5 nitrogen and oxygen atoms in total. The molecule has 4 aromatic rings. The van der Waals surface area contributed by atoms with Crippen molar-refractivity contribution in [2.75, 3.05) is 0 Å². The van der Waals surface area contributed by atoms with E-state index in [4.69, 9.17) is 18.9 Å². The van der Waals surface area contributed by atoms with Crippen LogP contribution >= 0.6 is 0 Å². The van der Waals surface area contributed by atoms with Crippen molar-refractivity contribution in [2.24, 2.45) is 5.92 Å². The number of halogens is 2. The van der Waals surface area contributed by atoms with Crippen LogP contribution in [0.1, 0.15) is 48.1 Å².